The highest BCUT2D eigenvalue weighted by Gasteiger charge is 2.20. The van der Waals surface area contributed by atoms with Crippen molar-refractivity contribution < 1.29 is 18.3 Å². The molecule has 0 amide bonds. The van der Waals surface area contributed by atoms with Gasteiger partial charge < -0.3 is 9.47 Å². The Morgan fingerprint density at radius 1 is 1.31 bits per heavy atom. The van der Waals surface area contributed by atoms with E-state index in [9.17, 15) is 8.78 Å². The highest BCUT2D eigenvalue weighted by molar-refractivity contribution is 9.10. The van der Waals surface area contributed by atoms with Gasteiger partial charge in [0.1, 0.15) is 5.75 Å². The Balaban J connectivity index is 2.99. The maximum absolute atomic E-state index is 12.0. The molecule has 0 aliphatic heterocycles. The van der Waals surface area contributed by atoms with Gasteiger partial charge in [-0.15, -0.1) is 0 Å². The van der Waals surface area contributed by atoms with Gasteiger partial charge >= 0.3 is 6.61 Å². The third-order valence-electron chi connectivity index (χ3n) is 2.35. The fraction of sp³-hybridized carbons (Fsp3) is 0.455. The van der Waals surface area contributed by atoms with Crippen molar-refractivity contribution in [1.82, 2.24) is 0 Å². The maximum atomic E-state index is 12.0. The van der Waals surface area contributed by atoms with Crippen molar-refractivity contribution in [3.63, 3.8) is 0 Å². The molecule has 0 saturated carbocycles. The van der Waals surface area contributed by atoms with E-state index >= 15 is 0 Å². The zero-order chi connectivity index (χ0) is 12.3. The molecule has 0 atom stereocenters. The molecule has 0 aliphatic carbocycles. The Bertz CT molecular complexity index is 367. The third kappa shape index (κ3) is 3.15. The first-order valence-corrected chi connectivity index (χ1v) is 5.46. The maximum Gasteiger partial charge on any atom is 0.387 e. The quantitative estimate of drug-likeness (QED) is 0.838. The molecule has 0 fully saturated rings. The predicted octanol–water partition coefficient (Wildman–Crippen LogP) is 3.93. The van der Waals surface area contributed by atoms with Crippen LogP contribution in [0.4, 0.5) is 8.78 Å². The molecule has 0 radical (unpaired) electrons. The van der Waals surface area contributed by atoms with Gasteiger partial charge in [0.15, 0.2) is 0 Å². The molecule has 0 heterocycles. The Labute approximate surface area is 102 Å². The number of hydrogen-bond donors (Lipinski definition) is 0. The predicted molar refractivity (Wildman–Crippen MR) is 60.8 cm³/mol. The standard InChI is InChI=1S/C11H13BrF2O2/c1-11(2,15-3)7-4-5-9(8(12)6-7)16-10(13)14/h4-6,10H,1-3H3. The van der Waals surface area contributed by atoms with Gasteiger partial charge in [-0.25, -0.2) is 0 Å². The minimum Gasteiger partial charge on any atom is -0.434 e. The van der Waals surface area contributed by atoms with Crippen LogP contribution in [0.1, 0.15) is 19.4 Å². The van der Waals surface area contributed by atoms with Gasteiger partial charge in [-0.2, -0.15) is 8.78 Å². The van der Waals surface area contributed by atoms with E-state index in [1.807, 2.05) is 13.8 Å². The van der Waals surface area contributed by atoms with Crippen molar-refractivity contribution in [2.45, 2.75) is 26.1 Å². The average molecular weight is 295 g/mol. The summed E-state index contributed by atoms with van der Waals surface area (Å²) in [6.45, 7) is 0.961. The first-order chi connectivity index (χ1) is 7.36. The van der Waals surface area contributed by atoms with E-state index in [1.165, 1.54) is 6.07 Å². The summed E-state index contributed by atoms with van der Waals surface area (Å²) in [5, 5.41) is 0. The lowest BCUT2D eigenvalue weighted by molar-refractivity contribution is -0.0504. The zero-order valence-electron chi connectivity index (χ0n) is 9.26. The molecule has 0 saturated heterocycles. The molecule has 0 aliphatic rings. The van der Waals surface area contributed by atoms with Gasteiger partial charge in [-0.05, 0) is 47.5 Å². The molecule has 5 heteroatoms. The Hall–Kier alpha value is -0.680. The van der Waals surface area contributed by atoms with Crippen LogP contribution in [0.25, 0.3) is 0 Å². The Morgan fingerprint density at radius 2 is 1.94 bits per heavy atom. The summed E-state index contributed by atoms with van der Waals surface area (Å²) in [6, 6.07) is 4.90. The molecule has 90 valence electrons. The van der Waals surface area contributed by atoms with Crippen molar-refractivity contribution in [3.8, 4) is 5.75 Å². The first-order valence-electron chi connectivity index (χ1n) is 4.67. The number of rotatable bonds is 4. The number of hydrogen-bond acceptors (Lipinski definition) is 2. The molecule has 1 aromatic carbocycles. The molecule has 0 bridgehead atoms. The van der Waals surface area contributed by atoms with Crippen LogP contribution in [-0.2, 0) is 10.3 Å². The van der Waals surface area contributed by atoms with Gasteiger partial charge in [0.2, 0.25) is 0 Å². The highest BCUT2D eigenvalue weighted by Crippen LogP contribution is 2.32. The normalized spacial score (nSPS) is 11.9. The number of ether oxygens (including phenoxy) is 2. The van der Waals surface area contributed by atoms with E-state index in [2.05, 4.69) is 20.7 Å². The number of alkyl halides is 2. The zero-order valence-corrected chi connectivity index (χ0v) is 10.8. The monoisotopic (exact) mass is 294 g/mol. The van der Waals surface area contributed by atoms with Crippen molar-refractivity contribution in [2.24, 2.45) is 0 Å². The summed E-state index contributed by atoms with van der Waals surface area (Å²) < 4.78 is 34.2. The summed E-state index contributed by atoms with van der Waals surface area (Å²) in [4.78, 5) is 0. The van der Waals surface area contributed by atoms with Gasteiger partial charge in [-0.3, -0.25) is 0 Å². The van der Waals surface area contributed by atoms with Gasteiger partial charge in [0.05, 0.1) is 10.1 Å². The Morgan fingerprint density at radius 3 is 2.38 bits per heavy atom. The van der Waals surface area contributed by atoms with Crippen molar-refractivity contribution in [3.05, 3.63) is 28.2 Å². The van der Waals surface area contributed by atoms with Crippen LogP contribution in [0.15, 0.2) is 22.7 Å². The minimum atomic E-state index is -2.82. The van der Waals surface area contributed by atoms with E-state index < -0.39 is 12.2 Å². The van der Waals surface area contributed by atoms with E-state index in [4.69, 9.17) is 4.74 Å². The molecule has 1 rings (SSSR count). The average Bonchev–Trinajstić information content (AvgIpc) is 2.20. The van der Waals surface area contributed by atoms with Crippen molar-refractivity contribution >= 4 is 15.9 Å². The highest BCUT2D eigenvalue weighted by atomic mass is 79.9. The van der Waals surface area contributed by atoms with Crippen LogP contribution >= 0.6 is 15.9 Å². The summed E-state index contributed by atoms with van der Waals surface area (Å²) in [6.07, 6.45) is 0. The van der Waals surface area contributed by atoms with Crippen molar-refractivity contribution in [2.75, 3.05) is 7.11 Å². The molecule has 0 N–H and O–H groups in total. The molecule has 0 unspecified atom stereocenters. The minimum absolute atomic E-state index is 0.116. The summed E-state index contributed by atoms with van der Waals surface area (Å²) in [5.41, 5.74) is 0.412. The lowest BCUT2D eigenvalue weighted by atomic mass is 9.98. The second-order valence-corrected chi connectivity index (χ2v) is 4.59. The second kappa shape index (κ2) is 5.10. The molecular weight excluding hydrogens is 282 g/mol. The fourth-order valence-corrected chi connectivity index (χ4v) is 1.66. The van der Waals surface area contributed by atoms with Crippen LogP contribution in [0.3, 0.4) is 0 Å². The summed E-state index contributed by atoms with van der Waals surface area (Å²) >= 11 is 3.18. The van der Waals surface area contributed by atoms with Crippen LogP contribution in [-0.4, -0.2) is 13.7 Å². The molecule has 0 spiro atoms. The summed E-state index contributed by atoms with van der Waals surface area (Å²) in [5.74, 6) is 0.116. The SMILES string of the molecule is COC(C)(C)c1ccc(OC(F)F)c(Br)c1. The largest absolute Gasteiger partial charge is 0.434 e. The van der Waals surface area contributed by atoms with Crippen LogP contribution in [0.5, 0.6) is 5.75 Å². The molecule has 2 nitrogen and oxygen atoms in total. The van der Waals surface area contributed by atoms with Gasteiger partial charge in [0.25, 0.3) is 0 Å². The lowest BCUT2D eigenvalue weighted by Crippen LogP contribution is -2.19. The molecule has 16 heavy (non-hydrogen) atoms. The molecule has 0 aromatic heterocycles. The van der Waals surface area contributed by atoms with E-state index in [1.54, 1.807) is 19.2 Å². The van der Waals surface area contributed by atoms with Crippen LogP contribution < -0.4 is 4.74 Å². The smallest absolute Gasteiger partial charge is 0.387 e. The fourth-order valence-electron chi connectivity index (χ4n) is 1.18. The second-order valence-electron chi connectivity index (χ2n) is 3.74. The van der Waals surface area contributed by atoms with Crippen LogP contribution in [0, 0.1) is 0 Å². The Kier molecular flexibility index (Phi) is 4.27. The third-order valence-corrected chi connectivity index (χ3v) is 2.97. The van der Waals surface area contributed by atoms with Gasteiger partial charge in [-0.1, -0.05) is 6.07 Å². The summed E-state index contributed by atoms with van der Waals surface area (Å²) in [7, 11) is 1.59. The number of benzene rings is 1. The first kappa shape index (κ1) is 13.4. The van der Waals surface area contributed by atoms with E-state index in [0.717, 1.165) is 5.56 Å². The van der Waals surface area contributed by atoms with Gasteiger partial charge in [0, 0.05) is 7.11 Å². The van der Waals surface area contributed by atoms with E-state index in [-0.39, 0.29) is 5.75 Å². The number of halogens is 3. The van der Waals surface area contributed by atoms with Crippen LogP contribution in [0.2, 0.25) is 0 Å². The molecule has 1 aromatic rings. The van der Waals surface area contributed by atoms with E-state index in [0.29, 0.717) is 4.47 Å². The number of methoxy groups -OCH3 is 1. The lowest BCUT2D eigenvalue weighted by Gasteiger charge is -2.24. The van der Waals surface area contributed by atoms with Crippen molar-refractivity contribution in [1.29, 1.82) is 0 Å². The topological polar surface area (TPSA) is 18.5 Å². The molecular formula is C11H13BrF2O2.